The highest BCUT2D eigenvalue weighted by molar-refractivity contribution is 5.99. The zero-order valence-corrected chi connectivity index (χ0v) is 11.0. The van der Waals surface area contributed by atoms with Crippen molar-refractivity contribution in [2.75, 3.05) is 0 Å². The number of hydrogen-bond acceptors (Lipinski definition) is 1. The fourth-order valence-corrected chi connectivity index (χ4v) is 2.34. The lowest BCUT2D eigenvalue weighted by Gasteiger charge is -2.05. The molecule has 0 unspecified atom stereocenters. The fourth-order valence-electron chi connectivity index (χ4n) is 2.34. The molecule has 0 radical (unpaired) electrons. The number of hydrogen-bond donors (Lipinski definition) is 0. The van der Waals surface area contributed by atoms with E-state index in [-0.39, 0.29) is 0 Å². The third kappa shape index (κ3) is 2.39. The maximum absolute atomic E-state index is 11.2. The van der Waals surface area contributed by atoms with E-state index in [0.29, 0.717) is 0 Å². The van der Waals surface area contributed by atoms with Crippen molar-refractivity contribution in [2.24, 2.45) is 0 Å². The lowest BCUT2D eigenvalue weighted by atomic mass is 9.98. The van der Waals surface area contributed by atoms with Crippen LogP contribution in [-0.4, -0.2) is 6.29 Å². The molecule has 20 heavy (non-hydrogen) atoms. The minimum atomic E-state index is 0.718. The highest BCUT2D eigenvalue weighted by atomic mass is 16.1. The predicted octanol–water partition coefficient (Wildman–Crippen LogP) is 4.82. The molecule has 0 aromatic heterocycles. The summed E-state index contributed by atoms with van der Waals surface area (Å²) in [5.41, 5.74) is 2.81. The smallest absolute Gasteiger partial charge is 0.150 e. The standard InChI is InChI=1S/C19H14O/c20-14-17-12-11-16-8-4-5-9-18(16)19(17)13-10-15-6-2-1-3-7-15/h1-14H. The van der Waals surface area contributed by atoms with Gasteiger partial charge in [0, 0.05) is 5.56 Å². The van der Waals surface area contributed by atoms with E-state index >= 15 is 0 Å². The third-order valence-corrected chi connectivity index (χ3v) is 3.37. The van der Waals surface area contributed by atoms with Crippen LogP contribution in [0.5, 0.6) is 0 Å². The highest BCUT2D eigenvalue weighted by Crippen LogP contribution is 2.23. The third-order valence-electron chi connectivity index (χ3n) is 3.37. The van der Waals surface area contributed by atoms with E-state index < -0.39 is 0 Å². The molecule has 1 heteroatoms. The van der Waals surface area contributed by atoms with Crippen molar-refractivity contribution in [3.8, 4) is 0 Å². The monoisotopic (exact) mass is 258 g/mol. The fraction of sp³-hybridized carbons (Fsp3) is 0. The van der Waals surface area contributed by atoms with Crippen molar-refractivity contribution in [3.05, 3.63) is 83.4 Å². The van der Waals surface area contributed by atoms with Gasteiger partial charge in [-0.2, -0.15) is 0 Å². The summed E-state index contributed by atoms with van der Waals surface area (Å²) in [6.07, 6.45) is 4.97. The molecule has 1 nitrogen and oxygen atoms in total. The van der Waals surface area contributed by atoms with Gasteiger partial charge in [0.05, 0.1) is 0 Å². The molecule has 0 N–H and O–H groups in total. The van der Waals surface area contributed by atoms with Gasteiger partial charge in [0.2, 0.25) is 0 Å². The SMILES string of the molecule is O=Cc1ccc2ccccc2c1C=Cc1ccccc1. The van der Waals surface area contributed by atoms with Gasteiger partial charge in [-0.05, 0) is 21.9 Å². The summed E-state index contributed by atoms with van der Waals surface area (Å²) >= 11 is 0. The molecular weight excluding hydrogens is 244 g/mol. The first-order chi connectivity index (χ1) is 9.88. The Kier molecular flexibility index (Phi) is 3.42. The predicted molar refractivity (Wildman–Crippen MR) is 84.7 cm³/mol. The second-order valence-corrected chi connectivity index (χ2v) is 4.65. The van der Waals surface area contributed by atoms with Crippen LogP contribution in [0.2, 0.25) is 0 Å². The summed E-state index contributed by atoms with van der Waals surface area (Å²) in [5.74, 6) is 0. The van der Waals surface area contributed by atoms with Crippen molar-refractivity contribution >= 4 is 29.2 Å². The van der Waals surface area contributed by atoms with Gasteiger partial charge < -0.3 is 0 Å². The first-order valence-electron chi connectivity index (χ1n) is 6.58. The minimum absolute atomic E-state index is 0.718. The Labute approximate surface area is 118 Å². The van der Waals surface area contributed by atoms with Crippen LogP contribution in [-0.2, 0) is 0 Å². The van der Waals surface area contributed by atoms with Crippen LogP contribution in [0.15, 0.2) is 66.7 Å². The number of carbonyl (C=O) groups is 1. The zero-order chi connectivity index (χ0) is 13.8. The molecule has 0 saturated carbocycles. The number of carbonyl (C=O) groups excluding carboxylic acids is 1. The molecule has 0 heterocycles. The first-order valence-corrected chi connectivity index (χ1v) is 6.58. The Morgan fingerprint density at radius 1 is 0.700 bits per heavy atom. The van der Waals surface area contributed by atoms with Crippen molar-refractivity contribution in [2.45, 2.75) is 0 Å². The van der Waals surface area contributed by atoms with Crippen molar-refractivity contribution in [3.63, 3.8) is 0 Å². The largest absolute Gasteiger partial charge is 0.298 e. The summed E-state index contributed by atoms with van der Waals surface area (Å²) in [4.78, 5) is 11.2. The molecule has 3 aromatic rings. The molecule has 3 rings (SSSR count). The molecule has 0 aliphatic rings. The second-order valence-electron chi connectivity index (χ2n) is 4.65. The van der Waals surface area contributed by atoms with Crippen LogP contribution in [0, 0.1) is 0 Å². The lowest BCUT2D eigenvalue weighted by molar-refractivity contribution is 0.112. The number of fused-ring (bicyclic) bond motifs is 1. The van der Waals surface area contributed by atoms with Gasteiger partial charge in [-0.15, -0.1) is 0 Å². The first kappa shape index (κ1) is 12.4. The Bertz CT molecular complexity index is 770. The average molecular weight is 258 g/mol. The minimum Gasteiger partial charge on any atom is -0.298 e. The number of aldehydes is 1. The normalized spacial score (nSPS) is 11.0. The van der Waals surface area contributed by atoms with E-state index in [1.807, 2.05) is 72.8 Å². The van der Waals surface area contributed by atoms with Crippen LogP contribution < -0.4 is 0 Å². The van der Waals surface area contributed by atoms with E-state index in [9.17, 15) is 4.79 Å². The van der Waals surface area contributed by atoms with Gasteiger partial charge >= 0.3 is 0 Å². The zero-order valence-electron chi connectivity index (χ0n) is 11.0. The van der Waals surface area contributed by atoms with E-state index in [1.165, 1.54) is 0 Å². The van der Waals surface area contributed by atoms with Crippen molar-refractivity contribution < 1.29 is 4.79 Å². The quantitative estimate of drug-likeness (QED) is 0.486. The summed E-state index contributed by atoms with van der Waals surface area (Å²) in [5, 5.41) is 2.25. The van der Waals surface area contributed by atoms with Gasteiger partial charge in [0.15, 0.2) is 6.29 Å². The topological polar surface area (TPSA) is 17.1 Å². The van der Waals surface area contributed by atoms with Gasteiger partial charge in [0.25, 0.3) is 0 Å². The van der Waals surface area contributed by atoms with Gasteiger partial charge in [-0.1, -0.05) is 78.9 Å². The molecule has 0 aliphatic heterocycles. The summed E-state index contributed by atoms with van der Waals surface area (Å²) < 4.78 is 0. The maximum Gasteiger partial charge on any atom is 0.150 e. The summed E-state index contributed by atoms with van der Waals surface area (Å²) in [7, 11) is 0. The Morgan fingerprint density at radius 2 is 1.45 bits per heavy atom. The molecule has 0 atom stereocenters. The molecule has 0 aliphatic carbocycles. The van der Waals surface area contributed by atoms with Gasteiger partial charge in [-0.25, -0.2) is 0 Å². The van der Waals surface area contributed by atoms with Crippen LogP contribution in [0.4, 0.5) is 0 Å². The maximum atomic E-state index is 11.2. The Balaban J connectivity index is 2.14. The molecule has 0 bridgehead atoms. The van der Waals surface area contributed by atoms with Gasteiger partial charge in [0.1, 0.15) is 0 Å². The van der Waals surface area contributed by atoms with Crippen molar-refractivity contribution in [1.82, 2.24) is 0 Å². The molecule has 0 spiro atoms. The van der Waals surface area contributed by atoms with E-state index in [1.54, 1.807) is 0 Å². The number of benzene rings is 3. The van der Waals surface area contributed by atoms with Crippen LogP contribution in [0.3, 0.4) is 0 Å². The van der Waals surface area contributed by atoms with Crippen molar-refractivity contribution in [1.29, 1.82) is 0 Å². The lowest BCUT2D eigenvalue weighted by Crippen LogP contribution is -1.88. The van der Waals surface area contributed by atoms with Crippen LogP contribution in [0.1, 0.15) is 21.5 Å². The van der Waals surface area contributed by atoms with E-state index in [4.69, 9.17) is 0 Å². The molecule has 3 aromatic carbocycles. The van der Waals surface area contributed by atoms with Crippen LogP contribution in [0.25, 0.3) is 22.9 Å². The Hall–Kier alpha value is -2.67. The second kappa shape index (κ2) is 5.54. The van der Waals surface area contributed by atoms with Gasteiger partial charge in [-0.3, -0.25) is 4.79 Å². The summed E-state index contributed by atoms with van der Waals surface area (Å²) in [6, 6.07) is 22.1. The summed E-state index contributed by atoms with van der Waals surface area (Å²) in [6.45, 7) is 0. The number of rotatable bonds is 3. The molecule has 0 amide bonds. The Morgan fingerprint density at radius 3 is 2.25 bits per heavy atom. The molecule has 96 valence electrons. The average Bonchev–Trinajstić information content (AvgIpc) is 2.53. The highest BCUT2D eigenvalue weighted by Gasteiger charge is 2.03. The molecular formula is C19H14O. The molecule has 0 fully saturated rings. The van der Waals surface area contributed by atoms with E-state index in [2.05, 4.69) is 6.07 Å². The van der Waals surface area contributed by atoms with E-state index in [0.717, 1.165) is 33.7 Å². The molecule has 0 saturated heterocycles. The van der Waals surface area contributed by atoms with Crippen LogP contribution >= 0.6 is 0 Å².